The average molecular weight is 335 g/mol. The Balaban J connectivity index is 2.03. The number of pyridine rings is 1. The highest BCUT2D eigenvalue weighted by Crippen LogP contribution is 2.25. The fourth-order valence-corrected chi connectivity index (χ4v) is 1.99. The first-order valence-corrected chi connectivity index (χ1v) is 7.00. The van der Waals surface area contributed by atoms with E-state index >= 15 is 0 Å². The van der Waals surface area contributed by atoms with Gasteiger partial charge < -0.3 is 10.1 Å². The summed E-state index contributed by atoms with van der Waals surface area (Å²) in [5.41, 5.74) is 1.65. The lowest BCUT2D eigenvalue weighted by Crippen LogP contribution is -2.30. The number of aromatic nitrogens is 1. The van der Waals surface area contributed by atoms with Crippen LogP contribution in [0, 0.1) is 6.92 Å². The van der Waals surface area contributed by atoms with Crippen molar-refractivity contribution < 1.29 is 9.53 Å². The van der Waals surface area contributed by atoms with Gasteiger partial charge in [-0.25, -0.2) is 0 Å². The maximum Gasteiger partial charge on any atom is 0.265 e. The largest absolute Gasteiger partial charge is 0.480 e. The molecule has 0 radical (unpaired) electrons. The molecule has 0 saturated carbocycles. The van der Waals surface area contributed by atoms with Gasteiger partial charge in [-0.05, 0) is 53.5 Å². The molecular weight excluding hydrogens is 320 g/mol. The van der Waals surface area contributed by atoms with Crippen LogP contribution in [-0.4, -0.2) is 17.0 Å². The summed E-state index contributed by atoms with van der Waals surface area (Å²) < 4.78 is 6.46. The summed E-state index contributed by atoms with van der Waals surface area (Å²) >= 11 is 3.39. The van der Waals surface area contributed by atoms with E-state index in [0.717, 1.165) is 10.0 Å². The summed E-state index contributed by atoms with van der Waals surface area (Å²) in [7, 11) is 0. The molecule has 0 saturated heterocycles. The molecule has 1 aromatic carbocycles. The molecule has 4 nitrogen and oxygen atoms in total. The average Bonchev–Trinajstić information content (AvgIpc) is 2.43. The fourth-order valence-electron chi connectivity index (χ4n) is 1.61. The van der Waals surface area contributed by atoms with Crippen molar-refractivity contribution in [2.24, 2.45) is 0 Å². The number of anilines is 1. The van der Waals surface area contributed by atoms with Crippen LogP contribution in [0.3, 0.4) is 0 Å². The van der Waals surface area contributed by atoms with E-state index in [1.807, 2.05) is 37.3 Å². The SMILES string of the molecule is Cc1ccncc1NC(=O)[C@@H](C)Oc1ccccc1Br. The molecule has 1 aromatic heterocycles. The lowest BCUT2D eigenvalue weighted by molar-refractivity contribution is -0.122. The Morgan fingerprint density at radius 2 is 2.10 bits per heavy atom. The Labute approximate surface area is 126 Å². The van der Waals surface area contributed by atoms with Crippen molar-refractivity contribution in [1.82, 2.24) is 4.98 Å². The van der Waals surface area contributed by atoms with Gasteiger partial charge in [0, 0.05) is 6.20 Å². The standard InChI is InChI=1S/C15H15BrN2O2/c1-10-7-8-17-9-13(10)18-15(19)11(2)20-14-6-4-3-5-12(14)16/h3-9,11H,1-2H3,(H,18,19)/t11-/m1/s1. The molecule has 0 aliphatic carbocycles. The van der Waals surface area contributed by atoms with Gasteiger partial charge in [-0.2, -0.15) is 0 Å². The number of carbonyl (C=O) groups excluding carboxylic acids is 1. The Morgan fingerprint density at radius 1 is 1.35 bits per heavy atom. The van der Waals surface area contributed by atoms with Gasteiger partial charge in [0.15, 0.2) is 6.10 Å². The number of hydrogen-bond donors (Lipinski definition) is 1. The number of rotatable bonds is 4. The predicted octanol–water partition coefficient (Wildman–Crippen LogP) is 3.56. The quantitative estimate of drug-likeness (QED) is 0.929. The molecule has 20 heavy (non-hydrogen) atoms. The lowest BCUT2D eigenvalue weighted by Gasteiger charge is -2.16. The van der Waals surface area contributed by atoms with Crippen LogP contribution in [0.1, 0.15) is 12.5 Å². The molecule has 1 atom stereocenters. The maximum absolute atomic E-state index is 12.1. The second kappa shape index (κ2) is 6.52. The molecule has 1 N–H and O–H groups in total. The molecule has 2 rings (SSSR count). The third kappa shape index (κ3) is 3.57. The molecule has 0 bridgehead atoms. The molecule has 1 amide bonds. The van der Waals surface area contributed by atoms with Crippen molar-refractivity contribution in [3.8, 4) is 5.75 Å². The van der Waals surface area contributed by atoms with Crippen LogP contribution in [0.5, 0.6) is 5.75 Å². The van der Waals surface area contributed by atoms with Gasteiger partial charge in [0.25, 0.3) is 5.91 Å². The third-order valence-corrected chi connectivity index (χ3v) is 3.46. The molecule has 104 valence electrons. The zero-order chi connectivity index (χ0) is 14.5. The van der Waals surface area contributed by atoms with E-state index in [-0.39, 0.29) is 5.91 Å². The monoisotopic (exact) mass is 334 g/mol. The van der Waals surface area contributed by atoms with Crippen LogP contribution < -0.4 is 10.1 Å². The predicted molar refractivity (Wildman–Crippen MR) is 81.8 cm³/mol. The lowest BCUT2D eigenvalue weighted by atomic mass is 10.2. The summed E-state index contributed by atoms with van der Waals surface area (Å²) in [4.78, 5) is 16.1. The number of hydrogen-bond acceptors (Lipinski definition) is 3. The van der Waals surface area contributed by atoms with Gasteiger partial charge in [-0.15, -0.1) is 0 Å². The van der Waals surface area contributed by atoms with Gasteiger partial charge in [0.1, 0.15) is 5.75 Å². The van der Waals surface area contributed by atoms with Crippen LogP contribution in [0.25, 0.3) is 0 Å². The number of para-hydroxylation sites is 1. The Bertz CT molecular complexity index is 616. The molecule has 0 unspecified atom stereocenters. The van der Waals surface area contributed by atoms with E-state index in [9.17, 15) is 4.79 Å². The van der Waals surface area contributed by atoms with Crippen molar-refractivity contribution in [1.29, 1.82) is 0 Å². The minimum atomic E-state index is -0.603. The number of nitrogens with one attached hydrogen (secondary N) is 1. The van der Waals surface area contributed by atoms with E-state index in [4.69, 9.17) is 4.74 Å². The number of benzene rings is 1. The number of carbonyl (C=O) groups is 1. The van der Waals surface area contributed by atoms with Gasteiger partial charge in [0.05, 0.1) is 16.4 Å². The van der Waals surface area contributed by atoms with E-state index in [1.54, 1.807) is 19.3 Å². The molecule has 0 fully saturated rings. The van der Waals surface area contributed by atoms with Crippen LogP contribution >= 0.6 is 15.9 Å². The minimum Gasteiger partial charge on any atom is -0.480 e. The highest BCUT2D eigenvalue weighted by atomic mass is 79.9. The number of aryl methyl sites for hydroxylation is 1. The van der Waals surface area contributed by atoms with Crippen molar-refractivity contribution in [3.05, 3.63) is 52.8 Å². The molecule has 0 spiro atoms. The number of amides is 1. The van der Waals surface area contributed by atoms with Crippen molar-refractivity contribution in [2.75, 3.05) is 5.32 Å². The first-order chi connectivity index (χ1) is 9.58. The highest BCUT2D eigenvalue weighted by Gasteiger charge is 2.16. The van der Waals surface area contributed by atoms with E-state index in [0.29, 0.717) is 11.4 Å². The second-order valence-corrected chi connectivity index (χ2v) is 5.22. The summed E-state index contributed by atoms with van der Waals surface area (Å²) in [5, 5.41) is 2.81. The van der Waals surface area contributed by atoms with E-state index < -0.39 is 6.10 Å². The van der Waals surface area contributed by atoms with Crippen molar-refractivity contribution in [2.45, 2.75) is 20.0 Å². The normalized spacial score (nSPS) is 11.8. The Kier molecular flexibility index (Phi) is 4.74. The molecule has 2 aromatic rings. The number of halogens is 1. The molecule has 5 heteroatoms. The number of nitrogens with zero attached hydrogens (tertiary/aromatic N) is 1. The first kappa shape index (κ1) is 14.5. The van der Waals surface area contributed by atoms with Crippen LogP contribution in [0.15, 0.2) is 47.2 Å². The van der Waals surface area contributed by atoms with Crippen molar-refractivity contribution >= 4 is 27.5 Å². The zero-order valence-corrected chi connectivity index (χ0v) is 12.8. The Morgan fingerprint density at radius 3 is 2.80 bits per heavy atom. The fraction of sp³-hybridized carbons (Fsp3) is 0.200. The summed E-state index contributed by atoms with van der Waals surface area (Å²) in [5.74, 6) is 0.426. The molecule has 0 aliphatic rings. The molecule has 1 heterocycles. The summed E-state index contributed by atoms with van der Waals surface area (Å²) in [6.45, 7) is 3.62. The van der Waals surface area contributed by atoms with Crippen molar-refractivity contribution in [3.63, 3.8) is 0 Å². The molecule has 0 aliphatic heterocycles. The second-order valence-electron chi connectivity index (χ2n) is 4.37. The van der Waals surface area contributed by atoms with E-state index in [1.165, 1.54) is 0 Å². The third-order valence-electron chi connectivity index (χ3n) is 2.81. The maximum atomic E-state index is 12.1. The van der Waals surface area contributed by atoms with Gasteiger partial charge in [0.2, 0.25) is 0 Å². The minimum absolute atomic E-state index is 0.211. The summed E-state index contributed by atoms with van der Waals surface area (Å²) in [6, 6.07) is 9.26. The molecular formula is C15H15BrN2O2. The Hall–Kier alpha value is -1.88. The smallest absolute Gasteiger partial charge is 0.265 e. The van der Waals surface area contributed by atoms with E-state index in [2.05, 4.69) is 26.2 Å². The van der Waals surface area contributed by atoms with Gasteiger partial charge >= 0.3 is 0 Å². The summed E-state index contributed by atoms with van der Waals surface area (Å²) in [6.07, 6.45) is 2.71. The first-order valence-electron chi connectivity index (χ1n) is 6.20. The highest BCUT2D eigenvalue weighted by molar-refractivity contribution is 9.10. The zero-order valence-electron chi connectivity index (χ0n) is 11.3. The van der Waals surface area contributed by atoms with Crippen LogP contribution in [0.2, 0.25) is 0 Å². The van der Waals surface area contributed by atoms with Crippen LogP contribution in [0.4, 0.5) is 5.69 Å². The van der Waals surface area contributed by atoms with Crippen LogP contribution in [-0.2, 0) is 4.79 Å². The van der Waals surface area contributed by atoms with Gasteiger partial charge in [-0.3, -0.25) is 9.78 Å². The topological polar surface area (TPSA) is 51.2 Å². The van der Waals surface area contributed by atoms with Gasteiger partial charge in [-0.1, -0.05) is 12.1 Å². The number of ether oxygens (including phenoxy) is 1.